The zero-order chi connectivity index (χ0) is 19.5. The summed E-state index contributed by atoms with van der Waals surface area (Å²) in [6.07, 6.45) is -4.65. The van der Waals surface area contributed by atoms with Crippen LogP contribution in [-0.4, -0.2) is 21.4 Å². The summed E-state index contributed by atoms with van der Waals surface area (Å²) in [4.78, 5) is 3.69. The molecule has 28 heavy (non-hydrogen) atoms. The molecule has 0 saturated carbocycles. The van der Waals surface area contributed by atoms with E-state index >= 15 is 0 Å². The van der Waals surface area contributed by atoms with Crippen LogP contribution in [0.4, 0.5) is 19.1 Å². The molecule has 5 nitrogen and oxygen atoms in total. The monoisotopic (exact) mass is 404 g/mol. The fourth-order valence-corrected chi connectivity index (χ4v) is 3.64. The van der Waals surface area contributed by atoms with Crippen LogP contribution >= 0.6 is 11.6 Å². The van der Waals surface area contributed by atoms with E-state index in [0.717, 1.165) is 16.7 Å². The predicted molar refractivity (Wildman–Crippen MR) is 97.1 cm³/mol. The molecule has 0 radical (unpaired) electrons. The van der Waals surface area contributed by atoms with Gasteiger partial charge in [0.15, 0.2) is 0 Å². The Labute approximate surface area is 162 Å². The van der Waals surface area contributed by atoms with Gasteiger partial charge < -0.3 is 10.1 Å². The summed E-state index contributed by atoms with van der Waals surface area (Å²) in [6.45, 7) is 0.216. The molecule has 5 rings (SSSR count). The van der Waals surface area contributed by atoms with E-state index in [1.54, 1.807) is 24.3 Å². The largest absolute Gasteiger partial charge is 0.488 e. The Morgan fingerprint density at radius 2 is 1.86 bits per heavy atom. The van der Waals surface area contributed by atoms with E-state index in [1.165, 1.54) is 4.68 Å². The molecule has 1 unspecified atom stereocenters. The number of para-hydroxylation sites is 1. The quantitative estimate of drug-likeness (QED) is 0.635. The van der Waals surface area contributed by atoms with Gasteiger partial charge in [0.2, 0.25) is 5.95 Å². The highest BCUT2D eigenvalue weighted by atomic mass is 35.5. The summed E-state index contributed by atoms with van der Waals surface area (Å²) in [7, 11) is 0. The minimum atomic E-state index is -4.65. The lowest BCUT2D eigenvalue weighted by Crippen LogP contribution is -2.30. The van der Waals surface area contributed by atoms with Crippen LogP contribution in [0.3, 0.4) is 0 Å². The van der Waals surface area contributed by atoms with Crippen molar-refractivity contribution in [1.82, 2.24) is 14.8 Å². The first kappa shape index (κ1) is 17.1. The fourth-order valence-electron chi connectivity index (χ4n) is 3.52. The number of anilines is 1. The maximum absolute atomic E-state index is 13.2. The first-order chi connectivity index (χ1) is 13.4. The summed E-state index contributed by atoms with van der Waals surface area (Å²) >= 11 is 5.99. The molecule has 0 spiro atoms. The zero-order valence-electron chi connectivity index (χ0n) is 14.2. The van der Waals surface area contributed by atoms with E-state index in [4.69, 9.17) is 16.3 Å². The summed E-state index contributed by atoms with van der Waals surface area (Å²) in [5, 5.41) is 7.30. The SMILES string of the molecule is FC(F)(F)c1nc2n(n1)C(c1ccc(Cl)cc1)C1=C(N2)c2ccccc2OC1. The summed E-state index contributed by atoms with van der Waals surface area (Å²) in [5.41, 5.74) is 2.97. The third-order valence-electron chi connectivity index (χ3n) is 4.74. The van der Waals surface area contributed by atoms with Crippen molar-refractivity contribution in [2.24, 2.45) is 0 Å². The van der Waals surface area contributed by atoms with Crippen LogP contribution < -0.4 is 10.1 Å². The number of halogens is 4. The molecular formula is C19H12ClF3N4O. The van der Waals surface area contributed by atoms with Gasteiger partial charge in [-0.3, -0.25) is 0 Å². The Morgan fingerprint density at radius 1 is 1.11 bits per heavy atom. The van der Waals surface area contributed by atoms with Gasteiger partial charge in [0, 0.05) is 16.2 Å². The molecular weight excluding hydrogens is 393 g/mol. The number of nitrogens with zero attached hydrogens (tertiary/aromatic N) is 3. The Kier molecular flexibility index (Phi) is 3.67. The minimum absolute atomic E-state index is 0.0303. The van der Waals surface area contributed by atoms with Crippen LogP contribution in [0.25, 0.3) is 5.70 Å². The summed E-state index contributed by atoms with van der Waals surface area (Å²) in [6, 6.07) is 13.7. The van der Waals surface area contributed by atoms with Gasteiger partial charge in [0.05, 0.1) is 5.70 Å². The molecule has 0 amide bonds. The van der Waals surface area contributed by atoms with Gasteiger partial charge in [-0.25, -0.2) is 4.68 Å². The summed E-state index contributed by atoms with van der Waals surface area (Å²) < 4.78 is 46.8. The van der Waals surface area contributed by atoms with Crippen LogP contribution in [-0.2, 0) is 6.18 Å². The normalized spacial score (nSPS) is 17.9. The number of benzene rings is 2. The Hall–Kier alpha value is -3.00. The standard InChI is InChI=1S/C19H12ClF3N4O/c20-11-7-5-10(6-8-11)16-13-9-28-14-4-2-1-3-12(14)15(13)24-18-25-17(19(21,22)23)26-27(16)18/h1-8,16H,9H2,(H,24,25,26). The summed E-state index contributed by atoms with van der Waals surface area (Å²) in [5.74, 6) is -0.502. The first-order valence-corrected chi connectivity index (χ1v) is 8.81. The van der Waals surface area contributed by atoms with Crippen LogP contribution in [0.15, 0.2) is 54.1 Å². The smallest absolute Gasteiger partial charge is 0.453 e. The number of hydrogen-bond acceptors (Lipinski definition) is 4. The van der Waals surface area contributed by atoms with Gasteiger partial charge in [-0.05, 0) is 29.8 Å². The van der Waals surface area contributed by atoms with Crippen molar-refractivity contribution in [1.29, 1.82) is 0 Å². The lowest BCUT2D eigenvalue weighted by atomic mass is 9.92. The van der Waals surface area contributed by atoms with Gasteiger partial charge >= 0.3 is 6.18 Å². The second-order valence-electron chi connectivity index (χ2n) is 6.47. The van der Waals surface area contributed by atoms with Crippen molar-refractivity contribution in [2.75, 3.05) is 11.9 Å². The molecule has 3 heterocycles. The second-order valence-corrected chi connectivity index (χ2v) is 6.90. The predicted octanol–water partition coefficient (Wildman–Crippen LogP) is 4.77. The number of hydrogen-bond donors (Lipinski definition) is 1. The number of alkyl halides is 3. The van der Waals surface area contributed by atoms with Gasteiger partial charge in [-0.15, -0.1) is 5.10 Å². The number of aromatic nitrogens is 3. The molecule has 3 aromatic rings. The van der Waals surface area contributed by atoms with Crippen molar-refractivity contribution >= 4 is 23.2 Å². The van der Waals surface area contributed by atoms with Crippen molar-refractivity contribution in [3.05, 3.63) is 76.1 Å². The van der Waals surface area contributed by atoms with Crippen molar-refractivity contribution < 1.29 is 17.9 Å². The minimum Gasteiger partial charge on any atom is -0.488 e. The lowest BCUT2D eigenvalue weighted by molar-refractivity contribution is -0.145. The van der Waals surface area contributed by atoms with E-state index in [9.17, 15) is 13.2 Å². The molecule has 2 aliphatic rings. The highest BCUT2D eigenvalue weighted by molar-refractivity contribution is 6.30. The third kappa shape index (κ3) is 2.63. The van der Waals surface area contributed by atoms with Gasteiger partial charge in [0.25, 0.3) is 5.82 Å². The van der Waals surface area contributed by atoms with Gasteiger partial charge in [0.1, 0.15) is 18.4 Å². The molecule has 2 aromatic carbocycles. The number of rotatable bonds is 1. The topological polar surface area (TPSA) is 52.0 Å². The lowest BCUT2D eigenvalue weighted by Gasteiger charge is -2.34. The fraction of sp³-hybridized carbons (Fsp3) is 0.158. The zero-order valence-corrected chi connectivity index (χ0v) is 14.9. The molecule has 0 bridgehead atoms. The van der Waals surface area contributed by atoms with E-state index in [2.05, 4.69) is 15.4 Å². The molecule has 1 N–H and O–H groups in total. The number of ether oxygens (including phenoxy) is 1. The van der Waals surface area contributed by atoms with Crippen LogP contribution in [0.2, 0.25) is 5.02 Å². The molecule has 1 atom stereocenters. The first-order valence-electron chi connectivity index (χ1n) is 8.43. The highest BCUT2D eigenvalue weighted by Crippen LogP contribution is 2.44. The van der Waals surface area contributed by atoms with E-state index in [1.807, 2.05) is 24.3 Å². The van der Waals surface area contributed by atoms with Gasteiger partial charge in [-0.1, -0.05) is 35.9 Å². The van der Waals surface area contributed by atoms with E-state index < -0.39 is 18.0 Å². The highest BCUT2D eigenvalue weighted by Gasteiger charge is 2.41. The average molecular weight is 405 g/mol. The van der Waals surface area contributed by atoms with Crippen molar-refractivity contribution in [3.63, 3.8) is 0 Å². The van der Waals surface area contributed by atoms with Crippen molar-refractivity contribution in [3.8, 4) is 5.75 Å². The molecule has 1 aromatic heterocycles. The molecule has 0 fully saturated rings. The van der Waals surface area contributed by atoms with E-state index in [-0.39, 0.29) is 12.6 Å². The van der Waals surface area contributed by atoms with Crippen LogP contribution in [0.1, 0.15) is 23.0 Å². The molecule has 0 aliphatic carbocycles. The molecule has 0 saturated heterocycles. The second kappa shape index (κ2) is 6.00. The molecule has 9 heteroatoms. The molecule has 2 aliphatic heterocycles. The van der Waals surface area contributed by atoms with Gasteiger partial charge in [-0.2, -0.15) is 18.2 Å². The van der Waals surface area contributed by atoms with Crippen LogP contribution in [0, 0.1) is 0 Å². The maximum atomic E-state index is 13.2. The average Bonchev–Trinajstić information content (AvgIpc) is 3.11. The van der Waals surface area contributed by atoms with E-state index in [0.29, 0.717) is 16.5 Å². The Bertz CT molecular complexity index is 1110. The Balaban J connectivity index is 1.73. The van der Waals surface area contributed by atoms with Crippen LogP contribution in [0.5, 0.6) is 5.75 Å². The van der Waals surface area contributed by atoms with Crippen molar-refractivity contribution in [2.45, 2.75) is 12.2 Å². The maximum Gasteiger partial charge on any atom is 0.453 e. The third-order valence-corrected chi connectivity index (χ3v) is 4.99. The molecule has 142 valence electrons. The Morgan fingerprint density at radius 3 is 2.61 bits per heavy atom. The number of nitrogens with one attached hydrogen (secondary N) is 1. The number of fused-ring (bicyclic) bond motifs is 3.